The lowest BCUT2D eigenvalue weighted by atomic mass is 10.2. The van der Waals surface area contributed by atoms with Crippen molar-refractivity contribution in [3.05, 3.63) is 80.8 Å². The van der Waals surface area contributed by atoms with E-state index in [-0.39, 0.29) is 30.2 Å². The molecule has 4 rings (SSSR count). The third-order valence-electron chi connectivity index (χ3n) is 4.80. The van der Waals surface area contributed by atoms with Gasteiger partial charge in [-0.25, -0.2) is 9.78 Å². The Morgan fingerprint density at radius 3 is 2.66 bits per heavy atom. The predicted octanol–water partition coefficient (Wildman–Crippen LogP) is 4.56. The van der Waals surface area contributed by atoms with E-state index in [4.69, 9.17) is 9.15 Å². The summed E-state index contributed by atoms with van der Waals surface area (Å²) in [5.74, 6) is 0.167. The lowest BCUT2D eigenvalue weighted by Gasteiger charge is -2.11. The highest BCUT2D eigenvalue weighted by molar-refractivity contribution is 7.99. The van der Waals surface area contributed by atoms with E-state index in [0.717, 1.165) is 11.3 Å². The van der Waals surface area contributed by atoms with Gasteiger partial charge in [0.05, 0.1) is 30.6 Å². The molecule has 4 aromatic rings. The number of hydrogen-bond acceptors (Lipinski definition) is 8. The molecule has 0 saturated heterocycles. The molecule has 9 heteroatoms. The van der Waals surface area contributed by atoms with E-state index < -0.39 is 5.97 Å². The van der Waals surface area contributed by atoms with Gasteiger partial charge in [0, 0.05) is 5.56 Å². The molecule has 0 aliphatic rings. The molecule has 0 atom stereocenters. The van der Waals surface area contributed by atoms with Crippen LogP contribution in [0.4, 0.5) is 0 Å². The fourth-order valence-electron chi connectivity index (χ4n) is 3.23. The summed E-state index contributed by atoms with van der Waals surface area (Å²) < 4.78 is 12.0. The zero-order valence-electron chi connectivity index (χ0n) is 17.5. The normalized spacial score (nSPS) is 11.1. The van der Waals surface area contributed by atoms with E-state index in [0.29, 0.717) is 37.1 Å². The molecule has 0 fully saturated rings. The second-order valence-corrected chi connectivity index (χ2v) is 8.84. The van der Waals surface area contributed by atoms with E-state index in [1.807, 2.05) is 6.07 Å². The van der Waals surface area contributed by atoms with Gasteiger partial charge in [-0.15, -0.1) is 11.3 Å². The minimum Gasteiger partial charge on any atom is -0.467 e. The number of Topliss-reactive ketones (excluding diaryl/α,β-unsaturated/α-hetero) is 1. The maximum absolute atomic E-state index is 13.4. The number of fused-ring (bicyclic) bond motifs is 1. The van der Waals surface area contributed by atoms with Crippen LogP contribution in [0.1, 0.15) is 38.3 Å². The first-order valence-electron chi connectivity index (χ1n) is 9.94. The second kappa shape index (κ2) is 9.54. The monoisotopic (exact) mass is 468 g/mol. The molecule has 164 valence electrons. The van der Waals surface area contributed by atoms with Crippen molar-refractivity contribution >= 4 is 45.1 Å². The summed E-state index contributed by atoms with van der Waals surface area (Å²) in [7, 11) is 0. The van der Waals surface area contributed by atoms with Crippen molar-refractivity contribution in [3.63, 3.8) is 0 Å². The third-order valence-corrected chi connectivity index (χ3v) is 6.94. The Bertz CT molecular complexity index is 1320. The van der Waals surface area contributed by atoms with Crippen LogP contribution in [-0.2, 0) is 11.3 Å². The van der Waals surface area contributed by atoms with Crippen molar-refractivity contribution in [1.82, 2.24) is 9.55 Å². The Labute approximate surface area is 192 Å². The molecule has 3 heterocycles. The van der Waals surface area contributed by atoms with Gasteiger partial charge in [0.2, 0.25) is 0 Å². The average Bonchev–Trinajstić information content (AvgIpc) is 3.43. The summed E-state index contributed by atoms with van der Waals surface area (Å²) in [6.07, 6.45) is 1.53. The van der Waals surface area contributed by atoms with E-state index in [9.17, 15) is 14.4 Å². The fourth-order valence-corrected chi connectivity index (χ4v) is 5.24. The number of rotatable bonds is 8. The Balaban J connectivity index is 1.76. The molecule has 0 aliphatic heterocycles. The Kier molecular flexibility index (Phi) is 6.57. The summed E-state index contributed by atoms with van der Waals surface area (Å²) in [6.45, 7) is 3.86. The van der Waals surface area contributed by atoms with Gasteiger partial charge in [-0.2, -0.15) is 0 Å². The first-order chi connectivity index (χ1) is 15.5. The molecule has 0 bridgehead atoms. The first kappa shape index (κ1) is 22.0. The standard InChI is InChI=1S/C23H20N2O5S2/c1-3-29-22(28)19-14(2)18-20(32-19)24-23(25(21(18)27)12-16-10-7-11-30-16)31-13-17(26)15-8-5-4-6-9-15/h4-11H,3,12-13H2,1-2H3. The van der Waals surface area contributed by atoms with Crippen molar-refractivity contribution in [1.29, 1.82) is 0 Å². The summed E-state index contributed by atoms with van der Waals surface area (Å²) >= 11 is 2.31. The van der Waals surface area contributed by atoms with Crippen LogP contribution >= 0.6 is 23.1 Å². The van der Waals surface area contributed by atoms with Crippen molar-refractivity contribution in [2.75, 3.05) is 12.4 Å². The summed E-state index contributed by atoms with van der Waals surface area (Å²) in [6, 6.07) is 12.5. The first-order valence-corrected chi connectivity index (χ1v) is 11.7. The number of ether oxygens (including phenoxy) is 1. The fraction of sp³-hybridized carbons (Fsp3) is 0.217. The van der Waals surface area contributed by atoms with Gasteiger partial charge in [0.15, 0.2) is 10.9 Å². The molecule has 0 radical (unpaired) electrons. The number of esters is 1. The van der Waals surface area contributed by atoms with Crippen molar-refractivity contribution in [2.24, 2.45) is 0 Å². The van der Waals surface area contributed by atoms with Gasteiger partial charge in [0.1, 0.15) is 15.5 Å². The number of thioether (sulfide) groups is 1. The number of carbonyl (C=O) groups excluding carboxylic acids is 2. The predicted molar refractivity (Wildman–Crippen MR) is 124 cm³/mol. The number of carbonyl (C=O) groups is 2. The second-order valence-electron chi connectivity index (χ2n) is 6.90. The quantitative estimate of drug-likeness (QED) is 0.162. The number of nitrogens with zero attached hydrogens (tertiary/aromatic N) is 2. The van der Waals surface area contributed by atoms with E-state index >= 15 is 0 Å². The Morgan fingerprint density at radius 1 is 1.19 bits per heavy atom. The number of hydrogen-bond donors (Lipinski definition) is 0. The van der Waals surface area contributed by atoms with Crippen LogP contribution in [0.5, 0.6) is 0 Å². The van der Waals surface area contributed by atoms with Crippen LogP contribution in [0, 0.1) is 6.92 Å². The zero-order chi connectivity index (χ0) is 22.7. The van der Waals surface area contributed by atoms with Gasteiger partial charge in [0.25, 0.3) is 5.56 Å². The molecule has 0 N–H and O–H groups in total. The smallest absolute Gasteiger partial charge is 0.348 e. The summed E-state index contributed by atoms with van der Waals surface area (Å²) in [5, 5.41) is 0.767. The highest BCUT2D eigenvalue weighted by Gasteiger charge is 2.23. The van der Waals surface area contributed by atoms with Gasteiger partial charge in [-0.3, -0.25) is 14.2 Å². The molecular formula is C23H20N2O5S2. The molecule has 7 nitrogen and oxygen atoms in total. The maximum Gasteiger partial charge on any atom is 0.348 e. The summed E-state index contributed by atoms with van der Waals surface area (Å²) in [5.41, 5.74) is 0.856. The SMILES string of the molecule is CCOC(=O)c1sc2nc(SCC(=O)c3ccccc3)n(Cc3ccco3)c(=O)c2c1C. The van der Waals surface area contributed by atoms with Crippen molar-refractivity contribution in [2.45, 2.75) is 25.5 Å². The highest BCUT2D eigenvalue weighted by atomic mass is 32.2. The Hall–Kier alpha value is -3.17. The van der Waals surface area contributed by atoms with Crippen molar-refractivity contribution in [3.8, 4) is 0 Å². The molecule has 1 aromatic carbocycles. The number of aryl methyl sites for hydroxylation is 1. The number of thiophene rings is 1. The average molecular weight is 469 g/mol. The zero-order valence-corrected chi connectivity index (χ0v) is 19.1. The molecule has 3 aromatic heterocycles. The lowest BCUT2D eigenvalue weighted by molar-refractivity contribution is 0.0531. The van der Waals surface area contributed by atoms with Crippen LogP contribution in [0.25, 0.3) is 10.2 Å². The van der Waals surface area contributed by atoms with E-state index in [1.54, 1.807) is 50.2 Å². The number of aromatic nitrogens is 2. The van der Waals surface area contributed by atoms with E-state index in [1.165, 1.54) is 22.6 Å². The summed E-state index contributed by atoms with van der Waals surface area (Å²) in [4.78, 5) is 43.8. The largest absolute Gasteiger partial charge is 0.467 e. The highest BCUT2D eigenvalue weighted by Crippen LogP contribution is 2.30. The van der Waals surface area contributed by atoms with Gasteiger partial charge >= 0.3 is 5.97 Å². The maximum atomic E-state index is 13.4. The third kappa shape index (κ3) is 4.39. The van der Waals surface area contributed by atoms with Crippen molar-refractivity contribution < 1.29 is 18.7 Å². The topological polar surface area (TPSA) is 91.4 Å². The molecule has 0 spiro atoms. The minimum atomic E-state index is -0.474. The van der Waals surface area contributed by atoms with Crippen LogP contribution in [0.15, 0.2) is 63.1 Å². The lowest BCUT2D eigenvalue weighted by Crippen LogP contribution is -2.24. The molecule has 0 unspecified atom stereocenters. The molecule has 0 aliphatic carbocycles. The molecule has 0 amide bonds. The molecular weight excluding hydrogens is 448 g/mol. The molecule has 0 saturated carbocycles. The number of furan rings is 1. The van der Waals surface area contributed by atoms with Crippen LogP contribution in [0.3, 0.4) is 0 Å². The van der Waals surface area contributed by atoms with E-state index in [2.05, 4.69) is 4.98 Å². The number of ketones is 1. The van der Waals surface area contributed by atoms with Crippen LogP contribution in [-0.4, -0.2) is 33.7 Å². The van der Waals surface area contributed by atoms with Gasteiger partial charge in [-0.05, 0) is 31.5 Å². The van der Waals surface area contributed by atoms with Gasteiger partial charge in [-0.1, -0.05) is 42.1 Å². The van der Waals surface area contributed by atoms with Crippen LogP contribution in [0.2, 0.25) is 0 Å². The minimum absolute atomic E-state index is 0.0657. The van der Waals surface area contributed by atoms with Gasteiger partial charge < -0.3 is 9.15 Å². The molecule has 32 heavy (non-hydrogen) atoms. The number of benzene rings is 1. The Morgan fingerprint density at radius 2 is 1.97 bits per heavy atom. The van der Waals surface area contributed by atoms with Crippen LogP contribution < -0.4 is 5.56 Å².